The molecule has 78 valence electrons. The molecule has 4 heteroatoms. The van der Waals surface area contributed by atoms with Crippen molar-refractivity contribution in [2.24, 2.45) is 0 Å². The number of thiazole rings is 1. The van der Waals surface area contributed by atoms with Crippen molar-refractivity contribution < 1.29 is 0 Å². The number of nitrogens with zero attached hydrogens (tertiary/aromatic N) is 3. The second-order valence-electron chi connectivity index (χ2n) is 3.91. The van der Waals surface area contributed by atoms with E-state index >= 15 is 0 Å². The maximum Gasteiger partial charge on any atom is 0.0928 e. The van der Waals surface area contributed by atoms with Gasteiger partial charge in [-0.3, -0.25) is 4.68 Å². The van der Waals surface area contributed by atoms with Gasteiger partial charge in [-0.05, 0) is 19.3 Å². The minimum absolute atomic E-state index is 0.664. The Morgan fingerprint density at radius 3 is 3.00 bits per heavy atom. The predicted octanol–water partition coefficient (Wildman–Crippen LogP) is 2.90. The SMILES string of the molecule is CCc1ncc(-c2cnn(C3CC3)c2)s1. The van der Waals surface area contributed by atoms with Gasteiger partial charge in [-0.25, -0.2) is 4.98 Å². The van der Waals surface area contributed by atoms with Crippen LogP contribution in [0.3, 0.4) is 0 Å². The lowest BCUT2D eigenvalue weighted by Gasteiger charge is -1.92. The third-order valence-corrected chi connectivity index (χ3v) is 3.85. The van der Waals surface area contributed by atoms with Crippen molar-refractivity contribution in [3.8, 4) is 10.4 Å². The summed E-state index contributed by atoms with van der Waals surface area (Å²) in [5.41, 5.74) is 1.21. The van der Waals surface area contributed by atoms with Crippen molar-refractivity contribution in [3.05, 3.63) is 23.6 Å². The molecule has 0 saturated heterocycles. The van der Waals surface area contributed by atoms with Crippen molar-refractivity contribution in [1.29, 1.82) is 0 Å². The van der Waals surface area contributed by atoms with Gasteiger partial charge in [0.2, 0.25) is 0 Å². The largest absolute Gasteiger partial charge is 0.269 e. The minimum Gasteiger partial charge on any atom is -0.269 e. The van der Waals surface area contributed by atoms with Gasteiger partial charge in [0.25, 0.3) is 0 Å². The summed E-state index contributed by atoms with van der Waals surface area (Å²) in [6.07, 6.45) is 9.63. The molecule has 1 aliphatic rings. The van der Waals surface area contributed by atoms with Crippen molar-refractivity contribution in [2.45, 2.75) is 32.2 Å². The summed E-state index contributed by atoms with van der Waals surface area (Å²) in [5, 5.41) is 5.58. The average molecular weight is 219 g/mol. The topological polar surface area (TPSA) is 30.7 Å². The first-order chi connectivity index (χ1) is 7.36. The smallest absolute Gasteiger partial charge is 0.0928 e. The van der Waals surface area contributed by atoms with Gasteiger partial charge in [0, 0.05) is 18.0 Å². The first-order valence-corrected chi connectivity index (χ1v) is 6.17. The van der Waals surface area contributed by atoms with Crippen LogP contribution in [-0.2, 0) is 6.42 Å². The maximum absolute atomic E-state index is 4.39. The summed E-state index contributed by atoms with van der Waals surface area (Å²) in [7, 11) is 0. The van der Waals surface area contributed by atoms with Crippen LogP contribution in [0, 0.1) is 0 Å². The third-order valence-electron chi connectivity index (χ3n) is 2.66. The first kappa shape index (κ1) is 9.09. The molecule has 0 aliphatic heterocycles. The van der Waals surface area contributed by atoms with Crippen molar-refractivity contribution >= 4 is 11.3 Å². The van der Waals surface area contributed by atoms with Gasteiger partial charge in [-0.15, -0.1) is 11.3 Å². The minimum atomic E-state index is 0.664. The molecule has 0 atom stereocenters. The van der Waals surface area contributed by atoms with E-state index in [4.69, 9.17) is 0 Å². The molecule has 0 spiro atoms. The third kappa shape index (κ3) is 1.69. The van der Waals surface area contributed by atoms with E-state index in [2.05, 4.69) is 27.9 Å². The normalized spacial score (nSPS) is 15.8. The number of rotatable bonds is 3. The van der Waals surface area contributed by atoms with Gasteiger partial charge >= 0.3 is 0 Å². The predicted molar refractivity (Wildman–Crippen MR) is 61.0 cm³/mol. The van der Waals surface area contributed by atoms with Gasteiger partial charge in [0.15, 0.2) is 0 Å². The van der Waals surface area contributed by atoms with E-state index in [9.17, 15) is 0 Å². The monoisotopic (exact) mass is 219 g/mol. The molecule has 0 N–H and O–H groups in total. The summed E-state index contributed by atoms with van der Waals surface area (Å²) >= 11 is 1.77. The molecular weight excluding hydrogens is 206 g/mol. The molecule has 1 fully saturated rings. The lowest BCUT2D eigenvalue weighted by atomic mass is 10.3. The zero-order valence-corrected chi connectivity index (χ0v) is 9.50. The van der Waals surface area contributed by atoms with Gasteiger partial charge in [-0.2, -0.15) is 5.10 Å². The Balaban J connectivity index is 1.90. The van der Waals surface area contributed by atoms with Gasteiger partial charge in [0.05, 0.1) is 22.1 Å². The van der Waals surface area contributed by atoms with Crippen LogP contribution in [0.2, 0.25) is 0 Å². The Kier molecular flexibility index (Phi) is 2.09. The molecule has 0 unspecified atom stereocenters. The molecule has 1 aliphatic carbocycles. The molecule has 15 heavy (non-hydrogen) atoms. The molecule has 0 radical (unpaired) electrons. The fourth-order valence-corrected chi connectivity index (χ4v) is 2.44. The molecule has 0 aromatic carbocycles. The zero-order valence-electron chi connectivity index (χ0n) is 8.68. The van der Waals surface area contributed by atoms with Gasteiger partial charge in [0.1, 0.15) is 0 Å². The first-order valence-electron chi connectivity index (χ1n) is 5.36. The molecule has 3 nitrogen and oxygen atoms in total. The quantitative estimate of drug-likeness (QED) is 0.794. The summed E-state index contributed by atoms with van der Waals surface area (Å²) in [5.74, 6) is 0. The van der Waals surface area contributed by atoms with Crippen LogP contribution in [0.25, 0.3) is 10.4 Å². The molecule has 2 aromatic rings. The van der Waals surface area contributed by atoms with Gasteiger partial charge in [-0.1, -0.05) is 6.92 Å². The highest BCUT2D eigenvalue weighted by Gasteiger charge is 2.24. The van der Waals surface area contributed by atoms with Crippen molar-refractivity contribution in [1.82, 2.24) is 14.8 Å². The van der Waals surface area contributed by atoms with Crippen LogP contribution >= 0.6 is 11.3 Å². The number of aromatic nitrogens is 3. The van der Waals surface area contributed by atoms with Crippen LogP contribution in [0.15, 0.2) is 18.6 Å². The second kappa shape index (κ2) is 3.45. The molecule has 2 aromatic heterocycles. The fraction of sp³-hybridized carbons (Fsp3) is 0.455. The summed E-state index contributed by atoms with van der Waals surface area (Å²) in [6, 6.07) is 0.664. The van der Waals surface area contributed by atoms with Crippen LogP contribution in [0.4, 0.5) is 0 Å². The highest BCUT2D eigenvalue weighted by atomic mass is 32.1. The maximum atomic E-state index is 4.39. The number of hydrogen-bond donors (Lipinski definition) is 0. The van der Waals surface area contributed by atoms with E-state index in [0.29, 0.717) is 6.04 Å². The zero-order chi connectivity index (χ0) is 10.3. The lowest BCUT2D eigenvalue weighted by Crippen LogP contribution is -1.91. The Morgan fingerprint density at radius 2 is 2.33 bits per heavy atom. The Hall–Kier alpha value is -1.16. The van der Waals surface area contributed by atoms with E-state index in [-0.39, 0.29) is 0 Å². The van der Waals surface area contributed by atoms with E-state index in [0.717, 1.165) is 6.42 Å². The Labute approximate surface area is 92.8 Å². The van der Waals surface area contributed by atoms with Crippen LogP contribution in [-0.4, -0.2) is 14.8 Å². The molecule has 3 rings (SSSR count). The van der Waals surface area contributed by atoms with Crippen LogP contribution < -0.4 is 0 Å². The Bertz CT molecular complexity index is 468. The number of aryl methyl sites for hydroxylation is 1. The molecule has 0 amide bonds. The van der Waals surface area contributed by atoms with Crippen molar-refractivity contribution in [2.75, 3.05) is 0 Å². The average Bonchev–Trinajstić information content (AvgIpc) is 2.84. The van der Waals surface area contributed by atoms with E-state index in [1.54, 1.807) is 11.3 Å². The van der Waals surface area contributed by atoms with Gasteiger partial charge < -0.3 is 0 Å². The summed E-state index contributed by atoms with van der Waals surface area (Å²) in [6.45, 7) is 2.14. The fourth-order valence-electron chi connectivity index (χ4n) is 1.61. The number of hydrogen-bond acceptors (Lipinski definition) is 3. The van der Waals surface area contributed by atoms with E-state index < -0.39 is 0 Å². The van der Waals surface area contributed by atoms with E-state index in [1.165, 1.54) is 28.3 Å². The van der Waals surface area contributed by atoms with Crippen molar-refractivity contribution in [3.63, 3.8) is 0 Å². The standard InChI is InChI=1S/C11H13N3S/c1-2-11-12-6-10(15-11)8-5-13-14(7-8)9-3-4-9/h5-7,9H,2-4H2,1H3. The Morgan fingerprint density at radius 1 is 1.47 bits per heavy atom. The second-order valence-corrected chi connectivity index (χ2v) is 5.03. The highest BCUT2D eigenvalue weighted by Crippen LogP contribution is 2.35. The summed E-state index contributed by atoms with van der Waals surface area (Å²) < 4.78 is 2.08. The van der Waals surface area contributed by atoms with Crippen LogP contribution in [0.1, 0.15) is 30.8 Å². The molecule has 1 saturated carbocycles. The highest BCUT2D eigenvalue weighted by molar-refractivity contribution is 7.15. The molecular formula is C11H13N3S. The lowest BCUT2D eigenvalue weighted by molar-refractivity contribution is 0.642. The molecule has 2 heterocycles. The summed E-state index contributed by atoms with van der Waals surface area (Å²) in [4.78, 5) is 5.60. The van der Waals surface area contributed by atoms with Crippen LogP contribution in [0.5, 0.6) is 0 Å². The van der Waals surface area contributed by atoms with E-state index in [1.807, 2.05) is 12.4 Å². The molecule has 0 bridgehead atoms.